The fourth-order valence-electron chi connectivity index (χ4n) is 1.97. The van der Waals surface area contributed by atoms with Crippen molar-refractivity contribution >= 4 is 39.7 Å². The van der Waals surface area contributed by atoms with E-state index >= 15 is 0 Å². The topological polar surface area (TPSA) is 346 Å². The smallest absolute Gasteiger partial charge is 5.00 e. The van der Waals surface area contributed by atoms with E-state index in [0.29, 0.717) is 32.1 Å². The molecular weight excluding hydrogens is 788 g/mol. The molecule has 0 heterocycles. The normalized spacial score (nSPS) is 13.0. The van der Waals surface area contributed by atoms with Crippen molar-refractivity contribution in [3.63, 3.8) is 0 Å². The van der Waals surface area contributed by atoms with Crippen LogP contribution in [0.15, 0.2) is 0 Å². The Kier molecular flexibility index (Phi) is 57.4. The maximum Gasteiger partial charge on any atom is 5.00 e. The van der Waals surface area contributed by atoms with Crippen LogP contribution in [0, 0.1) is 0 Å². The predicted octanol–water partition coefficient (Wildman–Crippen LogP) is -8.20. The summed E-state index contributed by atoms with van der Waals surface area (Å²) in [7, 11) is -22.1. The van der Waals surface area contributed by atoms with E-state index in [1.807, 2.05) is 34.6 Å². The summed E-state index contributed by atoms with van der Waals surface area (Å²) in [4.78, 5) is 148. The summed E-state index contributed by atoms with van der Waals surface area (Å²) in [5.74, 6) is 0. The molecule has 0 fully saturated rings. The van der Waals surface area contributed by atoms with Crippen LogP contribution >= 0.6 is 39.7 Å². The van der Waals surface area contributed by atoms with Gasteiger partial charge < -0.3 is 0 Å². The molecule has 23 heteroatoms. The van der Waals surface area contributed by atoms with Crippen molar-refractivity contribution in [3.05, 3.63) is 0 Å². The van der Waals surface area contributed by atoms with Crippen molar-refractivity contribution in [1.82, 2.24) is 0 Å². The molecule has 0 saturated carbocycles. The third-order valence-corrected chi connectivity index (χ3v) is 9.01. The van der Waals surface area contributed by atoms with E-state index in [9.17, 15) is 73.4 Å². The van der Waals surface area contributed by atoms with Gasteiger partial charge in [0.15, 0.2) is 0 Å². The molecule has 0 aromatic carbocycles. The van der Waals surface area contributed by atoms with Gasteiger partial charge in [-0.15, -0.1) is 0 Å². The summed E-state index contributed by atoms with van der Waals surface area (Å²) in [5, 5.41) is 0. The first-order chi connectivity index (χ1) is 17.8. The van der Waals surface area contributed by atoms with E-state index in [1.54, 1.807) is 0 Å². The Hall–Kier alpha value is 3.30. The molecule has 0 aliphatic rings. The fourth-order valence-corrected chi connectivity index (χ4v) is 5.90. The van der Waals surface area contributed by atoms with Crippen LogP contribution in [0.3, 0.4) is 0 Å². The van der Waals surface area contributed by atoms with Gasteiger partial charge in [-0.2, -0.15) is 0 Å². The van der Waals surface area contributed by atoms with Crippen LogP contribution in [0.4, 0.5) is 0 Å². The minimum absolute atomic E-state index is 0. The largest absolute Gasteiger partial charge is 5.00 e. The molecule has 0 unspecified atom stereocenters. The van der Waals surface area contributed by atoms with Crippen LogP contribution in [0.2, 0.25) is 0 Å². The zero-order chi connectivity index (χ0) is 33.1. The van der Waals surface area contributed by atoms with E-state index in [2.05, 4.69) is 0 Å². The van der Waals surface area contributed by atoms with Crippen LogP contribution in [0.5, 0.6) is 0 Å². The van der Waals surface area contributed by atoms with Gasteiger partial charge in [0.2, 0.25) is 0 Å². The Balaban J connectivity index is -0.0000000583. The molecule has 0 amide bonds. The molecule has 15 nitrogen and oxygen atoms in total. The molecule has 0 radical (unpaired) electrons. The van der Waals surface area contributed by atoms with Crippen LogP contribution < -0.4 is 73.4 Å². The Morgan fingerprint density at radius 1 is 0.256 bits per heavy atom. The number of hydrogen-bond donors (Lipinski definition) is 0. The van der Waals surface area contributed by atoms with E-state index in [0.717, 1.165) is 32.1 Å². The second kappa shape index (κ2) is 38.1. The second-order valence-electron chi connectivity index (χ2n) is 8.93. The second-order valence-corrected chi connectivity index (χ2v) is 18.3. The van der Waals surface area contributed by atoms with Gasteiger partial charge in [0, 0.05) is 0 Å². The zero-order valence-corrected chi connectivity index (χ0v) is 34.8. The number of hydrogen-bond acceptors (Lipinski definition) is 15. The Morgan fingerprint density at radius 2 is 0.349 bits per heavy atom. The van der Waals surface area contributed by atoms with Gasteiger partial charge in [0.25, 0.3) is 0 Å². The maximum absolute atomic E-state index is 9.89. The monoisotopic (exact) mass is 838 g/mol. The third-order valence-electron chi connectivity index (χ3n) is 4.18. The number of rotatable bonds is 15. The maximum atomic E-state index is 9.89. The van der Waals surface area contributed by atoms with Gasteiger partial charge in [-0.25, -0.2) is 0 Å². The first kappa shape index (κ1) is 64.8. The molecule has 0 rings (SSSR count). The van der Waals surface area contributed by atoms with Gasteiger partial charge in [0.1, 0.15) is 0 Å². The average Bonchev–Trinajstić information content (AvgIpc) is 2.76. The molecule has 0 bridgehead atoms. The third kappa shape index (κ3) is 106. The molecule has 0 aromatic rings. The molecule has 0 spiro atoms. The Labute approximate surface area is 296 Å². The van der Waals surface area contributed by atoms with Gasteiger partial charge in [-0.05, 0) is 0 Å². The van der Waals surface area contributed by atoms with Crippen molar-refractivity contribution in [1.29, 1.82) is 0 Å². The van der Waals surface area contributed by atoms with Crippen LogP contribution in [0.1, 0.15) is 98.8 Å². The van der Waals surface area contributed by atoms with Crippen molar-refractivity contribution < 1.29 is 129 Å². The quantitative estimate of drug-likeness (QED) is 0.138. The summed E-state index contributed by atoms with van der Waals surface area (Å²) < 4.78 is 0. The standard InChI is InChI=1S/5C4H10O3P.3V/c5*1-2-3-4-8(5,6)7;;;/h5*8H,2-4H2,1H3;;;/q5*-3;3*+5. The van der Waals surface area contributed by atoms with E-state index < -0.39 is 39.7 Å². The van der Waals surface area contributed by atoms with Crippen molar-refractivity contribution in [3.8, 4) is 0 Å². The van der Waals surface area contributed by atoms with Crippen molar-refractivity contribution in [2.75, 3.05) is 30.8 Å². The van der Waals surface area contributed by atoms with Gasteiger partial charge in [0.05, 0.1) is 0 Å². The van der Waals surface area contributed by atoms with Crippen LogP contribution in [-0.2, 0) is 55.7 Å². The predicted molar refractivity (Wildman–Crippen MR) is 140 cm³/mol. The zero-order valence-electron chi connectivity index (χ0n) is 25.6. The molecular formula is C20H50O15P5V3. The summed E-state index contributed by atoms with van der Waals surface area (Å²) in [6.45, 7) is 9.24. The molecule has 0 N–H and O–H groups in total. The van der Waals surface area contributed by atoms with Gasteiger partial charge in [-0.3, -0.25) is 0 Å². The summed E-state index contributed by atoms with van der Waals surface area (Å²) >= 11 is 0. The molecule has 260 valence electrons. The summed E-state index contributed by atoms with van der Waals surface area (Å²) in [6, 6.07) is 0. The average molecular weight is 838 g/mol. The van der Waals surface area contributed by atoms with Crippen molar-refractivity contribution in [2.45, 2.75) is 98.8 Å². The SMILES string of the molecule is CCCC[PH]([O-])([O-])[O-].CCCC[PH]([O-])([O-])[O-].CCCC[PH]([O-])([O-])[O-].CCCC[PH]([O-])([O-])[O-].CCCC[PH]([O-])([O-])[O-].[V+5].[V+5].[V+5]. The Bertz CT molecular complexity index is 414. The van der Waals surface area contributed by atoms with Crippen LogP contribution in [0.25, 0.3) is 0 Å². The Morgan fingerprint density at radius 3 is 0.372 bits per heavy atom. The number of unbranched alkanes of at least 4 members (excludes halogenated alkanes) is 5. The fraction of sp³-hybridized carbons (Fsp3) is 1.00. The molecule has 0 saturated heterocycles. The first-order valence-electron chi connectivity index (χ1n) is 13.4. The van der Waals surface area contributed by atoms with Gasteiger partial charge in [-0.1, -0.05) is 0 Å². The first-order valence-corrected chi connectivity index (χ1v) is 23.0. The molecule has 43 heavy (non-hydrogen) atoms. The van der Waals surface area contributed by atoms with Crippen molar-refractivity contribution in [2.24, 2.45) is 0 Å². The van der Waals surface area contributed by atoms with E-state index in [1.165, 1.54) is 0 Å². The summed E-state index contributed by atoms with van der Waals surface area (Å²) in [5.41, 5.74) is 0. The van der Waals surface area contributed by atoms with Gasteiger partial charge >= 0.3 is 298 Å². The molecule has 0 aliphatic carbocycles. The van der Waals surface area contributed by atoms with E-state index in [4.69, 9.17) is 0 Å². The van der Waals surface area contributed by atoms with Crippen LogP contribution in [-0.4, -0.2) is 30.8 Å². The minimum Gasteiger partial charge on any atom is 5.00 e. The molecule has 0 aliphatic heterocycles. The van der Waals surface area contributed by atoms with E-state index in [-0.39, 0.29) is 86.5 Å². The molecule has 0 atom stereocenters. The molecule has 0 aromatic heterocycles. The summed E-state index contributed by atoms with van der Waals surface area (Å²) in [6.07, 6.45) is 5.52. The minimum atomic E-state index is -4.43.